The molecule has 0 saturated heterocycles. The van der Waals surface area contributed by atoms with Crippen molar-refractivity contribution in [1.82, 2.24) is 0 Å². The van der Waals surface area contributed by atoms with Gasteiger partial charge in [0.25, 0.3) is 0 Å². The maximum Gasteiger partial charge on any atom is 0.147 e. The van der Waals surface area contributed by atoms with Crippen molar-refractivity contribution in [2.24, 2.45) is 0 Å². The molecule has 14 heavy (non-hydrogen) atoms. The van der Waals surface area contributed by atoms with Gasteiger partial charge in [-0.3, -0.25) is 4.79 Å². The molecule has 2 heteroatoms. The van der Waals surface area contributed by atoms with Crippen LogP contribution in [0.2, 0.25) is 0 Å². The molecule has 0 unspecified atom stereocenters. The third-order valence-corrected chi connectivity index (χ3v) is 2.47. The van der Waals surface area contributed by atoms with Gasteiger partial charge in [0.1, 0.15) is 6.29 Å². The van der Waals surface area contributed by atoms with E-state index in [2.05, 4.69) is 5.32 Å². The molecule has 1 aliphatic carbocycles. The van der Waals surface area contributed by atoms with Crippen LogP contribution in [0.4, 0.5) is 5.69 Å². The molecule has 0 fully saturated rings. The number of hydrogen-bond donors (Lipinski definition) is 1. The number of anilines is 1. The standard InChI is InChI=1S/C12H13NO/c14-9-10-5-4-8-12(10)13-11-6-2-1-3-7-11/h1-3,6-7,9,13H,4-5,8H2. The Bertz CT molecular complexity index is 354. The topological polar surface area (TPSA) is 29.1 Å². The minimum atomic E-state index is 0.915. The first kappa shape index (κ1) is 9.00. The molecule has 2 rings (SSSR count). The molecular weight excluding hydrogens is 174 g/mol. The summed E-state index contributed by atoms with van der Waals surface area (Å²) in [4.78, 5) is 10.7. The lowest BCUT2D eigenvalue weighted by atomic mass is 10.2. The Hall–Kier alpha value is -1.57. The molecule has 0 aliphatic heterocycles. The van der Waals surface area contributed by atoms with Gasteiger partial charge in [0.15, 0.2) is 0 Å². The van der Waals surface area contributed by atoms with Crippen molar-refractivity contribution in [3.63, 3.8) is 0 Å². The van der Waals surface area contributed by atoms with E-state index in [9.17, 15) is 4.79 Å². The summed E-state index contributed by atoms with van der Waals surface area (Å²) in [5, 5.41) is 3.29. The first-order valence-electron chi connectivity index (χ1n) is 4.89. The number of para-hydroxylation sites is 1. The Morgan fingerprint density at radius 2 is 1.93 bits per heavy atom. The smallest absolute Gasteiger partial charge is 0.147 e. The summed E-state index contributed by atoms with van der Waals surface area (Å²) in [6, 6.07) is 9.97. The highest BCUT2D eigenvalue weighted by atomic mass is 16.1. The highest BCUT2D eigenvalue weighted by Crippen LogP contribution is 2.25. The van der Waals surface area contributed by atoms with Crippen LogP contribution in [0.15, 0.2) is 41.6 Å². The average Bonchev–Trinajstić information content (AvgIpc) is 2.67. The van der Waals surface area contributed by atoms with Crippen molar-refractivity contribution in [2.75, 3.05) is 5.32 Å². The van der Waals surface area contributed by atoms with Crippen LogP contribution in [0.1, 0.15) is 19.3 Å². The summed E-state index contributed by atoms with van der Waals surface area (Å²) >= 11 is 0. The van der Waals surface area contributed by atoms with Gasteiger partial charge in [0.2, 0.25) is 0 Å². The van der Waals surface area contributed by atoms with E-state index in [1.807, 2.05) is 30.3 Å². The third-order valence-electron chi connectivity index (χ3n) is 2.47. The molecule has 0 amide bonds. The van der Waals surface area contributed by atoms with Gasteiger partial charge in [0, 0.05) is 17.0 Å². The highest BCUT2D eigenvalue weighted by molar-refractivity contribution is 5.77. The third kappa shape index (κ3) is 1.84. The van der Waals surface area contributed by atoms with Gasteiger partial charge in [-0.05, 0) is 31.4 Å². The molecule has 0 saturated carbocycles. The monoisotopic (exact) mass is 187 g/mol. The number of nitrogens with one attached hydrogen (secondary N) is 1. The van der Waals surface area contributed by atoms with Crippen LogP contribution in [0.5, 0.6) is 0 Å². The number of benzene rings is 1. The largest absolute Gasteiger partial charge is 0.359 e. The Morgan fingerprint density at radius 1 is 1.14 bits per heavy atom. The maximum absolute atomic E-state index is 10.7. The Kier molecular flexibility index (Phi) is 2.63. The van der Waals surface area contributed by atoms with E-state index in [1.54, 1.807) is 0 Å². The second-order valence-corrected chi connectivity index (χ2v) is 3.47. The molecule has 1 aromatic carbocycles. The van der Waals surface area contributed by atoms with Gasteiger partial charge in [-0.15, -0.1) is 0 Å². The van der Waals surface area contributed by atoms with Gasteiger partial charge in [0.05, 0.1) is 0 Å². The first-order valence-corrected chi connectivity index (χ1v) is 4.89. The van der Waals surface area contributed by atoms with Crippen LogP contribution < -0.4 is 5.32 Å². The Labute approximate surface area is 83.6 Å². The molecular formula is C12H13NO. The van der Waals surface area contributed by atoms with Gasteiger partial charge >= 0.3 is 0 Å². The predicted molar refractivity (Wildman–Crippen MR) is 57.0 cm³/mol. The lowest BCUT2D eigenvalue weighted by Gasteiger charge is -2.07. The molecule has 0 bridgehead atoms. The summed E-state index contributed by atoms with van der Waals surface area (Å²) < 4.78 is 0. The SMILES string of the molecule is O=CC1=C(Nc2ccccc2)CCC1. The highest BCUT2D eigenvalue weighted by Gasteiger charge is 2.13. The number of carbonyl (C=O) groups excluding carboxylic acids is 1. The van der Waals surface area contributed by atoms with Crippen LogP contribution in [-0.4, -0.2) is 6.29 Å². The molecule has 1 N–H and O–H groups in total. The molecule has 0 aromatic heterocycles. The second-order valence-electron chi connectivity index (χ2n) is 3.47. The number of aldehydes is 1. The number of rotatable bonds is 3. The Balaban J connectivity index is 2.15. The minimum Gasteiger partial charge on any atom is -0.359 e. The Morgan fingerprint density at radius 3 is 2.64 bits per heavy atom. The van der Waals surface area contributed by atoms with Gasteiger partial charge in [-0.25, -0.2) is 0 Å². The van der Waals surface area contributed by atoms with Crippen molar-refractivity contribution in [3.05, 3.63) is 41.6 Å². The maximum atomic E-state index is 10.7. The van der Waals surface area contributed by atoms with Crippen molar-refractivity contribution in [2.45, 2.75) is 19.3 Å². The van der Waals surface area contributed by atoms with E-state index < -0.39 is 0 Å². The number of allylic oxidation sites excluding steroid dienone is 2. The molecule has 1 aliphatic rings. The van der Waals surface area contributed by atoms with Crippen LogP contribution in [0.3, 0.4) is 0 Å². The average molecular weight is 187 g/mol. The zero-order valence-electron chi connectivity index (χ0n) is 7.99. The summed E-state index contributed by atoms with van der Waals surface area (Å²) in [6.07, 6.45) is 3.96. The molecule has 2 nitrogen and oxygen atoms in total. The predicted octanol–water partition coefficient (Wildman–Crippen LogP) is 2.74. The van der Waals surface area contributed by atoms with E-state index in [0.717, 1.165) is 42.5 Å². The van der Waals surface area contributed by atoms with E-state index in [4.69, 9.17) is 0 Å². The normalized spacial score (nSPS) is 15.7. The summed E-state index contributed by atoms with van der Waals surface area (Å²) in [5.41, 5.74) is 3.07. The molecule has 1 aromatic rings. The van der Waals surface area contributed by atoms with E-state index in [1.165, 1.54) is 0 Å². The van der Waals surface area contributed by atoms with Crippen LogP contribution in [-0.2, 0) is 4.79 Å². The molecule has 0 atom stereocenters. The lowest BCUT2D eigenvalue weighted by Crippen LogP contribution is -1.99. The fourth-order valence-corrected chi connectivity index (χ4v) is 1.74. The summed E-state index contributed by atoms with van der Waals surface area (Å²) in [7, 11) is 0. The zero-order chi connectivity index (χ0) is 9.80. The summed E-state index contributed by atoms with van der Waals surface area (Å²) in [5.74, 6) is 0. The molecule has 0 spiro atoms. The minimum absolute atomic E-state index is 0.915. The van der Waals surface area contributed by atoms with E-state index in [-0.39, 0.29) is 0 Å². The van der Waals surface area contributed by atoms with Crippen LogP contribution in [0.25, 0.3) is 0 Å². The van der Waals surface area contributed by atoms with Gasteiger partial charge in [-0.2, -0.15) is 0 Å². The van der Waals surface area contributed by atoms with E-state index >= 15 is 0 Å². The molecule has 0 heterocycles. The fraction of sp³-hybridized carbons (Fsp3) is 0.250. The lowest BCUT2D eigenvalue weighted by molar-refractivity contribution is -0.105. The van der Waals surface area contributed by atoms with Crippen molar-refractivity contribution < 1.29 is 4.79 Å². The zero-order valence-corrected chi connectivity index (χ0v) is 7.99. The summed E-state index contributed by atoms with van der Waals surface area (Å²) in [6.45, 7) is 0. The van der Waals surface area contributed by atoms with Crippen LogP contribution in [0, 0.1) is 0 Å². The van der Waals surface area contributed by atoms with Gasteiger partial charge < -0.3 is 5.32 Å². The number of carbonyl (C=O) groups is 1. The first-order chi connectivity index (χ1) is 6.90. The van der Waals surface area contributed by atoms with Crippen molar-refractivity contribution in [1.29, 1.82) is 0 Å². The fourth-order valence-electron chi connectivity index (χ4n) is 1.74. The van der Waals surface area contributed by atoms with Crippen molar-refractivity contribution in [3.8, 4) is 0 Å². The second kappa shape index (κ2) is 4.09. The molecule has 0 radical (unpaired) electrons. The van der Waals surface area contributed by atoms with E-state index in [0.29, 0.717) is 0 Å². The van der Waals surface area contributed by atoms with Crippen LogP contribution >= 0.6 is 0 Å². The van der Waals surface area contributed by atoms with Crippen molar-refractivity contribution >= 4 is 12.0 Å². The molecule has 72 valence electrons. The quantitative estimate of drug-likeness (QED) is 0.737. The number of hydrogen-bond acceptors (Lipinski definition) is 2. The van der Waals surface area contributed by atoms with Gasteiger partial charge in [-0.1, -0.05) is 18.2 Å².